The Morgan fingerprint density at radius 2 is 1.94 bits per heavy atom. The number of carbonyl (C=O) groups excluding carboxylic acids is 1. The number of benzene rings is 1. The van der Waals surface area contributed by atoms with E-state index in [1.54, 1.807) is 23.5 Å². The van der Waals surface area contributed by atoms with Crippen molar-refractivity contribution >= 4 is 51.0 Å². The van der Waals surface area contributed by atoms with Gasteiger partial charge in [0.15, 0.2) is 5.11 Å². The molecule has 2 aliphatic rings. The number of thiocarbonyl (C=S) groups is 1. The number of ether oxygens (including phenoxy) is 1. The molecule has 0 spiro atoms. The molecule has 1 aromatic heterocycles. The van der Waals surface area contributed by atoms with E-state index >= 15 is 0 Å². The molecule has 1 aliphatic carbocycles. The summed E-state index contributed by atoms with van der Waals surface area (Å²) in [4.78, 5) is 28.5. The van der Waals surface area contributed by atoms with Crippen LogP contribution in [0.5, 0.6) is 0 Å². The van der Waals surface area contributed by atoms with E-state index in [1.165, 1.54) is 24.1 Å². The number of anilines is 2. The number of rotatable bonds is 4. The molecule has 1 saturated heterocycles. The Kier molecular flexibility index (Phi) is 6.61. The Labute approximate surface area is 196 Å². The van der Waals surface area contributed by atoms with Gasteiger partial charge in [-0.1, -0.05) is 6.92 Å². The van der Waals surface area contributed by atoms with Crippen molar-refractivity contribution in [3.8, 4) is 0 Å². The van der Waals surface area contributed by atoms with Gasteiger partial charge in [0.1, 0.15) is 5.00 Å². The van der Waals surface area contributed by atoms with Crippen molar-refractivity contribution in [1.29, 1.82) is 0 Å². The number of hydrogen-bond acceptors (Lipinski definition) is 7. The number of carbonyl (C=O) groups is 1. The van der Waals surface area contributed by atoms with E-state index < -0.39 is 4.92 Å². The molecule has 4 rings (SSSR count). The molecule has 32 heavy (non-hydrogen) atoms. The molecule has 2 heterocycles. The molecular formula is C22H26N4O4S2. The molecule has 0 radical (unpaired) electrons. The molecule has 1 atom stereocenters. The number of non-ortho nitro benzene ring substituents is 1. The lowest BCUT2D eigenvalue weighted by Crippen LogP contribution is -2.50. The molecule has 8 nitrogen and oxygen atoms in total. The molecule has 0 saturated carbocycles. The summed E-state index contributed by atoms with van der Waals surface area (Å²) >= 11 is 7.29. The molecule has 1 unspecified atom stereocenters. The highest BCUT2D eigenvalue weighted by Crippen LogP contribution is 2.40. The summed E-state index contributed by atoms with van der Waals surface area (Å²) in [6.07, 6.45) is 2.94. The third-order valence-electron chi connectivity index (χ3n) is 6.11. The Morgan fingerprint density at radius 3 is 2.56 bits per heavy atom. The van der Waals surface area contributed by atoms with Crippen molar-refractivity contribution in [2.24, 2.45) is 5.92 Å². The minimum Gasteiger partial charge on any atom is -0.465 e. The highest BCUT2D eigenvalue weighted by Gasteiger charge is 2.29. The molecule has 2 aromatic rings. The number of nitrogens with one attached hydrogen (secondary N) is 1. The summed E-state index contributed by atoms with van der Waals surface area (Å²) in [7, 11) is 1.41. The minimum absolute atomic E-state index is 0.0900. The molecule has 0 bridgehead atoms. The second-order valence-corrected chi connectivity index (χ2v) is 9.72. The van der Waals surface area contributed by atoms with E-state index in [-0.39, 0.29) is 11.7 Å². The lowest BCUT2D eigenvalue weighted by molar-refractivity contribution is -0.384. The van der Waals surface area contributed by atoms with Gasteiger partial charge in [0, 0.05) is 48.9 Å². The van der Waals surface area contributed by atoms with Gasteiger partial charge in [-0.05, 0) is 55.1 Å². The van der Waals surface area contributed by atoms with E-state index in [1.807, 2.05) is 0 Å². The van der Waals surface area contributed by atoms with Gasteiger partial charge < -0.3 is 19.9 Å². The Hall–Kier alpha value is -2.72. The topological polar surface area (TPSA) is 88.0 Å². The van der Waals surface area contributed by atoms with E-state index in [9.17, 15) is 14.9 Å². The van der Waals surface area contributed by atoms with Crippen molar-refractivity contribution in [2.45, 2.75) is 26.2 Å². The third kappa shape index (κ3) is 4.56. The quantitative estimate of drug-likeness (QED) is 0.307. The molecule has 170 valence electrons. The van der Waals surface area contributed by atoms with Crippen molar-refractivity contribution in [3.05, 3.63) is 50.4 Å². The average Bonchev–Trinajstić information content (AvgIpc) is 3.15. The molecule has 1 N–H and O–H groups in total. The predicted octanol–water partition coefficient (Wildman–Crippen LogP) is 4.09. The van der Waals surface area contributed by atoms with Gasteiger partial charge in [0.05, 0.1) is 17.6 Å². The first-order valence-electron chi connectivity index (χ1n) is 10.7. The first kappa shape index (κ1) is 22.5. The van der Waals surface area contributed by atoms with E-state index in [2.05, 4.69) is 22.0 Å². The Morgan fingerprint density at radius 1 is 1.25 bits per heavy atom. The van der Waals surface area contributed by atoms with Crippen LogP contribution in [-0.2, 0) is 17.6 Å². The van der Waals surface area contributed by atoms with Crippen molar-refractivity contribution in [2.75, 3.05) is 43.5 Å². The summed E-state index contributed by atoms with van der Waals surface area (Å²) in [6, 6.07) is 6.62. The summed E-state index contributed by atoms with van der Waals surface area (Å²) in [6.45, 7) is 5.18. The fourth-order valence-electron chi connectivity index (χ4n) is 4.29. The maximum absolute atomic E-state index is 12.5. The van der Waals surface area contributed by atoms with Crippen molar-refractivity contribution in [1.82, 2.24) is 4.90 Å². The number of thiophene rings is 1. The number of fused-ring (bicyclic) bond motifs is 1. The predicted molar refractivity (Wildman–Crippen MR) is 130 cm³/mol. The summed E-state index contributed by atoms with van der Waals surface area (Å²) in [5.41, 5.74) is 2.79. The normalized spacial score (nSPS) is 18.1. The monoisotopic (exact) mass is 474 g/mol. The number of nitrogens with zero attached hydrogens (tertiary/aromatic N) is 3. The van der Waals surface area contributed by atoms with Crippen LogP contribution in [0.25, 0.3) is 0 Å². The van der Waals surface area contributed by atoms with Crippen LogP contribution in [0.4, 0.5) is 16.4 Å². The molecule has 1 aromatic carbocycles. The maximum atomic E-state index is 12.5. The zero-order chi connectivity index (χ0) is 22.8. The van der Waals surface area contributed by atoms with Crippen LogP contribution in [-0.4, -0.2) is 54.2 Å². The number of esters is 1. The van der Waals surface area contributed by atoms with Crippen molar-refractivity contribution in [3.63, 3.8) is 0 Å². The summed E-state index contributed by atoms with van der Waals surface area (Å²) in [5, 5.41) is 15.6. The summed E-state index contributed by atoms with van der Waals surface area (Å²) < 4.78 is 5.06. The smallest absolute Gasteiger partial charge is 0.341 e. The summed E-state index contributed by atoms with van der Waals surface area (Å²) in [5.74, 6) is 0.296. The van der Waals surface area contributed by atoms with Crippen LogP contribution in [0.2, 0.25) is 0 Å². The lowest BCUT2D eigenvalue weighted by Gasteiger charge is -2.37. The van der Waals surface area contributed by atoms with Crippen LogP contribution >= 0.6 is 23.6 Å². The lowest BCUT2D eigenvalue weighted by atomic mass is 9.88. The first-order valence-corrected chi connectivity index (χ1v) is 11.9. The fraction of sp³-hybridized carbons (Fsp3) is 0.455. The van der Waals surface area contributed by atoms with Crippen molar-refractivity contribution < 1.29 is 14.5 Å². The van der Waals surface area contributed by atoms with E-state index in [4.69, 9.17) is 17.0 Å². The van der Waals surface area contributed by atoms with Crippen LogP contribution in [0.15, 0.2) is 24.3 Å². The molecule has 1 aliphatic heterocycles. The fourth-order valence-corrected chi connectivity index (χ4v) is 6.03. The van der Waals surface area contributed by atoms with Crippen LogP contribution < -0.4 is 10.2 Å². The van der Waals surface area contributed by atoms with Gasteiger partial charge in [-0.25, -0.2) is 4.79 Å². The van der Waals surface area contributed by atoms with E-state index in [0.717, 1.165) is 61.7 Å². The Balaban J connectivity index is 1.42. The van der Waals surface area contributed by atoms with Gasteiger partial charge in [-0.2, -0.15) is 0 Å². The number of hydrogen-bond donors (Lipinski definition) is 1. The van der Waals surface area contributed by atoms with Crippen LogP contribution in [0.1, 0.15) is 34.1 Å². The molecule has 1 fully saturated rings. The van der Waals surface area contributed by atoms with Gasteiger partial charge in [0.25, 0.3) is 5.69 Å². The van der Waals surface area contributed by atoms with Gasteiger partial charge in [0.2, 0.25) is 0 Å². The zero-order valence-corrected chi connectivity index (χ0v) is 19.8. The highest BCUT2D eigenvalue weighted by atomic mass is 32.1. The number of methoxy groups -OCH3 is 1. The number of nitro benzene ring substituents is 1. The third-order valence-corrected chi connectivity index (χ3v) is 7.64. The van der Waals surface area contributed by atoms with Crippen LogP contribution in [0, 0.1) is 16.0 Å². The zero-order valence-electron chi connectivity index (χ0n) is 18.1. The van der Waals surface area contributed by atoms with E-state index in [0.29, 0.717) is 16.6 Å². The second-order valence-electron chi connectivity index (χ2n) is 8.23. The average molecular weight is 475 g/mol. The van der Waals surface area contributed by atoms with Crippen LogP contribution in [0.3, 0.4) is 0 Å². The number of nitro groups is 1. The highest BCUT2D eigenvalue weighted by molar-refractivity contribution is 7.80. The van der Waals surface area contributed by atoms with Gasteiger partial charge >= 0.3 is 5.97 Å². The standard InChI is InChI=1S/C22H26N4O4S2/c1-14-3-8-17-18(13-14)32-20(19(17)21(27)30-2)23-22(31)25-11-9-24(10-12-25)15-4-6-16(7-5-15)26(28)29/h4-7,14H,3,8-13H2,1-2H3,(H,23,31). The second kappa shape index (κ2) is 9.41. The Bertz CT molecular complexity index is 1030. The van der Waals surface area contributed by atoms with Gasteiger partial charge in [-0.3, -0.25) is 10.1 Å². The largest absolute Gasteiger partial charge is 0.465 e. The minimum atomic E-state index is -0.391. The number of piperazine rings is 1. The maximum Gasteiger partial charge on any atom is 0.341 e. The molecular weight excluding hydrogens is 448 g/mol. The SMILES string of the molecule is COC(=O)c1c(NC(=S)N2CCN(c3ccc([N+](=O)[O-])cc3)CC2)sc2c1CCC(C)C2. The molecule has 0 amide bonds. The molecule has 10 heteroatoms. The van der Waals surface area contributed by atoms with Gasteiger partial charge in [-0.15, -0.1) is 11.3 Å². The first-order chi connectivity index (χ1) is 15.4.